The van der Waals surface area contributed by atoms with Crippen LogP contribution < -0.4 is 16.0 Å². The lowest BCUT2D eigenvalue weighted by Gasteiger charge is -2.30. The van der Waals surface area contributed by atoms with Crippen molar-refractivity contribution >= 4 is 11.5 Å². The number of nitrogens with one attached hydrogen (secondary N) is 3. The van der Waals surface area contributed by atoms with Crippen molar-refractivity contribution in [1.82, 2.24) is 10.3 Å². The molecule has 0 spiro atoms. The fraction of sp³-hybridized carbons (Fsp3) is 0.560. The van der Waals surface area contributed by atoms with E-state index in [2.05, 4.69) is 20.9 Å². The number of anilines is 2. The van der Waals surface area contributed by atoms with Crippen molar-refractivity contribution < 1.29 is 18.3 Å². The average molecular weight is 461 g/mol. The molecule has 2 aliphatic carbocycles. The number of rotatable bonds is 11. The minimum Gasteiger partial charge on any atom is -0.383 e. The van der Waals surface area contributed by atoms with E-state index in [1.807, 2.05) is 0 Å². The second kappa shape index (κ2) is 10.8. The quantitative estimate of drug-likeness (QED) is 0.427. The summed E-state index contributed by atoms with van der Waals surface area (Å²) in [5.74, 6) is -0.161. The summed E-state index contributed by atoms with van der Waals surface area (Å²) >= 11 is 0. The Bertz CT molecular complexity index is 931. The van der Waals surface area contributed by atoms with Gasteiger partial charge in [-0.05, 0) is 62.3 Å². The van der Waals surface area contributed by atoms with Crippen LogP contribution in [0.4, 0.5) is 20.3 Å². The summed E-state index contributed by atoms with van der Waals surface area (Å²) in [6.45, 7) is 2.11. The van der Waals surface area contributed by atoms with Crippen LogP contribution in [0.5, 0.6) is 0 Å². The van der Waals surface area contributed by atoms with Crippen molar-refractivity contribution in [2.24, 2.45) is 0 Å². The van der Waals surface area contributed by atoms with Gasteiger partial charge in [-0.15, -0.1) is 0 Å². The lowest BCUT2D eigenvalue weighted by Crippen LogP contribution is -2.38. The van der Waals surface area contributed by atoms with Crippen LogP contribution in [-0.4, -0.2) is 56.6 Å². The van der Waals surface area contributed by atoms with E-state index in [-0.39, 0.29) is 11.4 Å². The summed E-state index contributed by atoms with van der Waals surface area (Å²) in [6, 6.07) is 7.14. The normalized spacial score (nSPS) is 21.6. The Hall–Kier alpha value is -2.29. The zero-order chi connectivity index (χ0) is 23.3. The standard InChI is InChI=1S/C25H34F2N4O2/c1-32-12-11-28-18-4-6-19(7-5-18)31-24-14-20(22(27)15-29-24)17-3-8-21(26)23(13-17)30-16-25(33-2)9-10-25/h3,8,13-15,18-19,28,30H,4-7,9-12,16H2,1-2H3,(H,29,31)/t18-,19-. The van der Waals surface area contributed by atoms with E-state index in [1.165, 1.54) is 12.3 Å². The number of nitrogens with zero attached hydrogens (tertiary/aromatic N) is 1. The fourth-order valence-electron chi connectivity index (χ4n) is 4.43. The number of hydrogen-bond donors (Lipinski definition) is 3. The van der Waals surface area contributed by atoms with Gasteiger partial charge < -0.3 is 25.4 Å². The molecule has 2 saturated carbocycles. The Morgan fingerprint density at radius 3 is 2.48 bits per heavy atom. The minimum absolute atomic E-state index is 0.209. The molecule has 2 aromatic rings. The van der Waals surface area contributed by atoms with Gasteiger partial charge in [-0.3, -0.25) is 0 Å². The molecule has 2 fully saturated rings. The maximum atomic E-state index is 14.7. The number of aromatic nitrogens is 1. The molecule has 1 aromatic carbocycles. The number of ether oxygens (including phenoxy) is 2. The van der Waals surface area contributed by atoms with Crippen LogP contribution >= 0.6 is 0 Å². The fourth-order valence-corrected chi connectivity index (χ4v) is 4.43. The maximum absolute atomic E-state index is 14.7. The van der Waals surface area contributed by atoms with Gasteiger partial charge in [0.2, 0.25) is 0 Å². The predicted molar refractivity (Wildman–Crippen MR) is 127 cm³/mol. The van der Waals surface area contributed by atoms with Crippen molar-refractivity contribution in [2.75, 3.05) is 44.5 Å². The molecule has 33 heavy (non-hydrogen) atoms. The molecule has 0 saturated heterocycles. The Labute approximate surface area is 194 Å². The zero-order valence-electron chi connectivity index (χ0n) is 19.4. The molecular weight excluding hydrogens is 426 g/mol. The smallest absolute Gasteiger partial charge is 0.149 e. The first-order valence-electron chi connectivity index (χ1n) is 11.8. The first kappa shape index (κ1) is 23.9. The molecule has 3 N–H and O–H groups in total. The summed E-state index contributed by atoms with van der Waals surface area (Å²) < 4.78 is 39.6. The van der Waals surface area contributed by atoms with Crippen LogP contribution in [0.1, 0.15) is 38.5 Å². The SMILES string of the molecule is COCCN[C@H]1CC[C@H](Nc2cc(-c3ccc(F)c(NCC4(OC)CC4)c3)c(F)cn2)CC1. The van der Waals surface area contributed by atoms with Gasteiger partial charge >= 0.3 is 0 Å². The molecule has 180 valence electrons. The first-order chi connectivity index (χ1) is 16.0. The summed E-state index contributed by atoms with van der Waals surface area (Å²) in [5.41, 5.74) is 1.15. The predicted octanol–water partition coefficient (Wildman–Crippen LogP) is 4.58. The topological polar surface area (TPSA) is 67.4 Å². The van der Waals surface area contributed by atoms with Crippen molar-refractivity contribution in [2.45, 2.75) is 56.2 Å². The molecule has 1 heterocycles. The molecule has 0 amide bonds. The molecule has 2 aliphatic rings. The summed E-state index contributed by atoms with van der Waals surface area (Å²) in [6.07, 6.45) is 7.33. The number of halogens is 2. The van der Waals surface area contributed by atoms with Gasteiger partial charge in [-0.25, -0.2) is 13.8 Å². The van der Waals surface area contributed by atoms with E-state index in [0.717, 1.165) is 45.1 Å². The van der Waals surface area contributed by atoms with Gasteiger partial charge in [-0.1, -0.05) is 6.07 Å². The van der Waals surface area contributed by atoms with Gasteiger partial charge in [0.05, 0.1) is 24.1 Å². The minimum atomic E-state index is -0.431. The molecule has 8 heteroatoms. The van der Waals surface area contributed by atoms with E-state index < -0.39 is 5.82 Å². The summed E-state index contributed by atoms with van der Waals surface area (Å²) in [5, 5.41) is 10.1. The first-order valence-corrected chi connectivity index (χ1v) is 11.8. The molecule has 1 aromatic heterocycles. The van der Waals surface area contributed by atoms with E-state index >= 15 is 0 Å². The third-order valence-electron chi connectivity index (χ3n) is 6.79. The van der Waals surface area contributed by atoms with Crippen LogP contribution in [0.25, 0.3) is 11.1 Å². The number of methoxy groups -OCH3 is 2. The summed E-state index contributed by atoms with van der Waals surface area (Å²) in [7, 11) is 3.38. The Balaban J connectivity index is 1.40. The zero-order valence-corrected chi connectivity index (χ0v) is 19.4. The molecule has 0 bridgehead atoms. The van der Waals surface area contributed by atoms with Crippen LogP contribution in [0.3, 0.4) is 0 Å². The highest BCUT2D eigenvalue weighted by Crippen LogP contribution is 2.39. The number of hydrogen-bond acceptors (Lipinski definition) is 6. The number of pyridine rings is 1. The third kappa shape index (κ3) is 6.19. The van der Waals surface area contributed by atoms with E-state index in [9.17, 15) is 8.78 Å². The average Bonchev–Trinajstić information content (AvgIpc) is 3.62. The molecule has 0 atom stereocenters. The van der Waals surface area contributed by atoms with Crippen LogP contribution in [0.15, 0.2) is 30.5 Å². The Morgan fingerprint density at radius 1 is 1.03 bits per heavy atom. The van der Waals surface area contributed by atoms with Gasteiger partial charge in [0.15, 0.2) is 0 Å². The van der Waals surface area contributed by atoms with Gasteiger partial charge in [0.25, 0.3) is 0 Å². The maximum Gasteiger partial charge on any atom is 0.149 e. The van der Waals surface area contributed by atoms with Crippen LogP contribution in [0.2, 0.25) is 0 Å². The van der Waals surface area contributed by atoms with Gasteiger partial charge in [0, 0.05) is 45.0 Å². The largest absolute Gasteiger partial charge is 0.383 e. The molecule has 0 unspecified atom stereocenters. The second-order valence-corrected chi connectivity index (χ2v) is 9.12. The highest BCUT2D eigenvalue weighted by Gasteiger charge is 2.42. The van der Waals surface area contributed by atoms with E-state index in [1.54, 1.807) is 32.4 Å². The van der Waals surface area contributed by atoms with E-state index in [4.69, 9.17) is 9.47 Å². The Kier molecular flexibility index (Phi) is 7.78. The monoisotopic (exact) mass is 460 g/mol. The number of benzene rings is 1. The Morgan fingerprint density at radius 2 is 1.79 bits per heavy atom. The molecule has 0 aliphatic heterocycles. The lowest BCUT2D eigenvalue weighted by molar-refractivity contribution is 0.0914. The van der Waals surface area contributed by atoms with Gasteiger partial charge in [-0.2, -0.15) is 0 Å². The van der Waals surface area contributed by atoms with Crippen molar-refractivity contribution in [3.05, 3.63) is 42.1 Å². The van der Waals surface area contributed by atoms with Crippen molar-refractivity contribution in [3.8, 4) is 11.1 Å². The van der Waals surface area contributed by atoms with Crippen LogP contribution in [-0.2, 0) is 9.47 Å². The third-order valence-corrected chi connectivity index (χ3v) is 6.79. The highest BCUT2D eigenvalue weighted by molar-refractivity contribution is 5.71. The molecule has 4 rings (SSSR count). The van der Waals surface area contributed by atoms with Crippen LogP contribution in [0, 0.1) is 11.6 Å². The molecular formula is C25H34F2N4O2. The highest BCUT2D eigenvalue weighted by atomic mass is 19.1. The summed E-state index contributed by atoms with van der Waals surface area (Å²) in [4.78, 5) is 4.24. The van der Waals surface area contributed by atoms with Crippen molar-refractivity contribution in [1.29, 1.82) is 0 Å². The van der Waals surface area contributed by atoms with Gasteiger partial charge in [0.1, 0.15) is 17.5 Å². The van der Waals surface area contributed by atoms with E-state index in [0.29, 0.717) is 47.9 Å². The lowest BCUT2D eigenvalue weighted by atomic mass is 9.91. The van der Waals surface area contributed by atoms with Crippen molar-refractivity contribution in [3.63, 3.8) is 0 Å². The molecule has 0 radical (unpaired) electrons. The molecule has 6 nitrogen and oxygen atoms in total. The second-order valence-electron chi connectivity index (χ2n) is 9.12.